The average Bonchev–Trinajstić information content (AvgIpc) is 2.95. The summed E-state index contributed by atoms with van der Waals surface area (Å²) in [5, 5.41) is 4.65. The molecule has 2 heterocycles. The Bertz CT molecular complexity index is 1050. The smallest absolute Gasteiger partial charge is 0.312 e. The molecule has 3 N–H and O–H groups in total. The van der Waals surface area contributed by atoms with Crippen molar-refractivity contribution in [3.63, 3.8) is 0 Å². The van der Waals surface area contributed by atoms with Gasteiger partial charge >= 0.3 is 6.08 Å². The third-order valence-electron chi connectivity index (χ3n) is 4.24. The lowest BCUT2D eigenvalue weighted by atomic mass is 10.1. The number of aromatic nitrogens is 4. The fraction of sp³-hybridized carbons (Fsp3) is 0.350. The largest absolute Gasteiger partial charge is 0.382 e. The molecule has 0 aliphatic carbocycles. The van der Waals surface area contributed by atoms with Gasteiger partial charge < -0.3 is 15.6 Å². The molecule has 0 bridgehead atoms. The van der Waals surface area contributed by atoms with Crippen LogP contribution in [0.2, 0.25) is 5.02 Å². The summed E-state index contributed by atoms with van der Waals surface area (Å²) in [6, 6.07) is 6.12. The first-order valence-electron chi connectivity index (χ1n) is 9.31. The van der Waals surface area contributed by atoms with Crippen molar-refractivity contribution in [2.75, 3.05) is 12.3 Å². The van der Waals surface area contributed by atoms with Crippen LogP contribution in [0.4, 0.5) is 10.2 Å². The summed E-state index contributed by atoms with van der Waals surface area (Å²) in [4.78, 5) is 13.0. The maximum absolute atomic E-state index is 13.8. The predicted octanol–water partition coefficient (Wildman–Crippen LogP) is 4.77. The van der Waals surface area contributed by atoms with E-state index in [9.17, 15) is 4.39 Å². The molecule has 3 rings (SSSR count). The van der Waals surface area contributed by atoms with Crippen LogP contribution >= 0.6 is 23.4 Å². The number of hydrogen-bond donors (Lipinski definition) is 2. The van der Waals surface area contributed by atoms with E-state index in [-0.39, 0.29) is 5.82 Å². The minimum absolute atomic E-state index is 0.0297. The second kappa shape index (κ2) is 9.11. The van der Waals surface area contributed by atoms with Gasteiger partial charge in [0, 0.05) is 22.5 Å². The minimum atomic E-state index is -0.861. The Morgan fingerprint density at radius 3 is 2.76 bits per heavy atom. The minimum Gasteiger partial charge on any atom is -0.382 e. The SMILES string of the molecule is C=C(C)c1cc(Cl)cc(Sc2nc3c(N)nc(F)nc3n2CCCNC(C)C)c1. The Morgan fingerprint density at radius 2 is 2.07 bits per heavy atom. The van der Waals surface area contributed by atoms with Gasteiger partial charge in [0.2, 0.25) is 0 Å². The van der Waals surface area contributed by atoms with Crippen LogP contribution in [0.5, 0.6) is 0 Å². The van der Waals surface area contributed by atoms with Crippen molar-refractivity contribution in [3.8, 4) is 0 Å². The molecule has 2 aromatic heterocycles. The van der Waals surface area contributed by atoms with Gasteiger partial charge in [-0.1, -0.05) is 49.4 Å². The van der Waals surface area contributed by atoms with E-state index < -0.39 is 6.08 Å². The monoisotopic (exact) mass is 434 g/mol. The van der Waals surface area contributed by atoms with Gasteiger partial charge in [0.15, 0.2) is 22.1 Å². The Labute approximate surface area is 178 Å². The Kier molecular flexibility index (Phi) is 6.77. The number of aryl methyl sites for hydroxylation is 1. The molecular weight excluding hydrogens is 411 g/mol. The molecule has 9 heteroatoms. The molecular formula is C20H24ClFN6S. The van der Waals surface area contributed by atoms with Gasteiger partial charge in [0.1, 0.15) is 0 Å². The number of benzene rings is 1. The first-order chi connectivity index (χ1) is 13.7. The highest BCUT2D eigenvalue weighted by molar-refractivity contribution is 7.99. The maximum atomic E-state index is 13.8. The molecule has 0 radical (unpaired) electrons. The lowest BCUT2D eigenvalue weighted by Crippen LogP contribution is -2.24. The molecule has 154 valence electrons. The van der Waals surface area contributed by atoms with E-state index in [1.54, 1.807) is 0 Å². The number of imidazole rings is 1. The van der Waals surface area contributed by atoms with E-state index in [0.29, 0.717) is 33.9 Å². The van der Waals surface area contributed by atoms with Gasteiger partial charge in [0.05, 0.1) is 0 Å². The van der Waals surface area contributed by atoms with Crippen molar-refractivity contribution in [1.82, 2.24) is 24.8 Å². The quantitative estimate of drug-likeness (QED) is 0.392. The lowest BCUT2D eigenvalue weighted by Gasteiger charge is -2.11. The molecule has 0 aliphatic rings. The van der Waals surface area contributed by atoms with E-state index in [2.05, 4.69) is 40.7 Å². The second-order valence-electron chi connectivity index (χ2n) is 7.12. The van der Waals surface area contributed by atoms with Gasteiger partial charge in [0.25, 0.3) is 0 Å². The van der Waals surface area contributed by atoms with Crippen LogP contribution in [0.3, 0.4) is 0 Å². The molecule has 0 amide bonds. The van der Waals surface area contributed by atoms with Crippen molar-refractivity contribution in [2.45, 2.75) is 49.8 Å². The van der Waals surface area contributed by atoms with Crippen LogP contribution in [0, 0.1) is 6.08 Å². The number of fused-ring (bicyclic) bond motifs is 1. The molecule has 0 unspecified atom stereocenters. The van der Waals surface area contributed by atoms with Crippen LogP contribution < -0.4 is 11.1 Å². The Balaban J connectivity index is 1.99. The zero-order valence-corrected chi connectivity index (χ0v) is 18.2. The molecule has 1 aromatic carbocycles. The zero-order chi connectivity index (χ0) is 21.1. The van der Waals surface area contributed by atoms with Crippen molar-refractivity contribution < 1.29 is 4.39 Å². The van der Waals surface area contributed by atoms with Crippen LogP contribution in [-0.2, 0) is 6.54 Å². The van der Waals surface area contributed by atoms with Crippen LogP contribution in [0.25, 0.3) is 16.7 Å². The number of hydrogen-bond acceptors (Lipinski definition) is 6. The number of nitrogen functional groups attached to an aromatic ring is 1. The van der Waals surface area contributed by atoms with Gasteiger partial charge in [-0.2, -0.15) is 14.4 Å². The molecule has 3 aromatic rings. The molecule has 29 heavy (non-hydrogen) atoms. The Hall–Kier alpha value is -2.16. The van der Waals surface area contributed by atoms with Gasteiger partial charge in [-0.15, -0.1) is 0 Å². The molecule has 0 saturated heterocycles. The fourth-order valence-electron chi connectivity index (χ4n) is 2.86. The normalized spacial score (nSPS) is 11.5. The highest BCUT2D eigenvalue weighted by Crippen LogP contribution is 2.34. The number of allylic oxidation sites excluding steroid dienone is 1. The molecule has 0 fully saturated rings. The summed E-state index contributed by atoms with van der Waals surface area (Å²) in [5.74, 6) is 0.0297. The van der Waals surface area contributed by atoms with Crippen LogP contribution in [0.15, 0.2) is 34.8 Å². The number of halogens is 2. The lowest BCUT2D eigenvalue weighted by molar-refractivity contribution is 0.518. The summed E-state index contributed by atoms with van der Waals surface area (Å²) in [6.45, 7) is 11.5. The summed E-state index contributed by atoms with van der Waals surface area (Å²) in [6.07, 6.45) is -0.0321. The molecule has 0 atom stereocenters. The fourth-order valence-corrected chi connectivity index (χ4v) is 4.16. The average molecular weight is 435 g/mol. The molecule has 6 nitrogen and oxygen atoms in total. The molecule has 0 aliphatic heterocycles. The summed E-state index contributed by atoms with van der Waals surface area (Å²) >= 11 is 7.70. The number of nitrogens with two attached hydrogens (primary N) is 1. The van der Waals surface area contributed by atoms with Crippen molar-refractivity contribution in [2.24, 2.45) is 0 Å². The van der Waals surface area contributed by atoms with E-state index in [1.165, 1.54) is 11.8 Å². The van der Waals surface area contributed by atoms with Crippen molar-refractivity contribution in [3.05, 3.63) is 41.4 Å². The third-order valence-corrected chi connectivity index (χ3v) is 5.43. The Morgan fingerprint density at radius 1 is 1.31 bits per heavy atom. The van der Waals surface area contributed by atoms with E-state index in [4.69, 9.17) is 17.3 Å². The maximum Gasteiger partial charge on any atom is 0.312 e. The van der Waals surface area contributed by atoms with E-state index in [0.717, 1.165) is 29.0 Å². The van der Waals surface area contributed by atoms with Gasteiger partial charge in [-0.3, -0.25) is 0 Å². The molecule has 0 saturated carbocycles. The van der Waals surface area contributed by atoms with E-state index >= 15 is 0 Å². The first-order valence-corrected chi connectivity index (χ1v) is 10.5. The third kappa shape index (κ3) is 5.26. The highest BCUT2D eigenvalue weighted by Gasteiger charge is 2.18. The number of rotatable bonds is 8. The van der Waals surface area contributed by atoms with Gasteiger partial charge in [-0.05, 0) is 43.7 Å². The second-order valence-corrected chi connectivity index (χ2v) is 8.59. The summed E-state index contributed by atoms with van der Waals surface area (Å²) < 4.78 is 15.7. The van der Waals surface area contributed by atoms with E-state index in [1.807, 2.05) is 29.7 Å². The van der Waals surface area contributed by atoms with Crippen molar-refractivity contribution >= 4 is 45.9 Å². The number of nitrogens with one attached hydrogen (secondary N) is 1. The zero-order valence-electron chi connectivity index (χ0n) is 16.7. The standard InChI is InChI=1S/C20H24ClFN6S/c1-11(2)13-8-14(21)10-15(9-13)29-20-25-16-17(23)26-19(22)27-18(16)28(20)7-5-6-24-12(3)4/h8-10,12,24H,1,5-7H2,2-4H3,(H2,23,26,27). The summed E-state index contributed by atoms with van der Waals surface area (Å²) in [5.41, 5.74) is 8.55. The highest BCUT2D eigenvalue weighted by atomic mass is 35.5. The topological polar surface area (TPSA) is 81.7 Å². The van der Waals surface area contributed by atoms with Crippen LogP contribution in [-0.4, -0.2) is 32.1 Å². The first kappa shape index (κ1) is 21.5. The van der Waals surface area contributed by atoms with Crippen LogP contribution in [0.1, 0.15) is 32.8 Å². The number of nitrogens with zero attached hydrogens (tertiary/aromatic N) is 4. The number of anilines is 1. The summed E-state index contributed by atoms with van der Waals surface area (Å²) in [7, 11) is 0. The molecule has 0 spiro atoms. The van der Waals surface area contributed by atoms with Gasteiger partial charge in [-0.25, -0.2) is 4.98 Å². The predicted molar refractivity (Wildman–Crippen MR) is 118 cm³/mol. The van der Waals surface area contributed by atoms with Crippen molar-refractivity contribution in [1.29, 1.82) is 0 Å².